The lowest BCUT2D eigenvalue weighted by atomic mass is 9.94. The molecule has 4 rings (SSSR count). The fourth-order valence-electron chi connectivity index (χ4n) is 4.46. The summed E-state index contributed by atoms with van der Waals surface area (Å²) in [6.45, 7) is 4.52. The molecular formula is C22H29F3N2O5. The summed E-state index contributed by atoms with van der Waals surface area (Å²) in [5.74, 6) is -0.838. The molecule has 1 aliphatic heterocycles. The minimum atomic E-state index is -5.08. The molecule has 1 aromatic rings. The van der Waals surface area contributed by atoms with Crippen LogP contribution in [0.1, 0.15) is 35.9 Å². The maximum Gasteiger partial charge on any atom is 0.490 e. The van der Waals surface area contributed by atoms with Crippen LogP contribution in [-0.2, 0) is 19.1 Å². The van der Waals surface area contributed by atoms with Gasteiger partial charge in [-0.3, -0.25) is 4.79 Å². The first-order valence-corrected chi connectivity index (χ1v) is 10.7. The van der Waals surface area contributed by atoms with E-state index in [1.165, 1.54) is 30.5 Å². The van der Waals surface area contributed by atoms with E-state index in [2.05, 4.69) is 34.5 Å². The number of hydrogen-bond acceptors (Lipinski definition) is 5. The normalized spacial score (nSPS) is 24.3. The first-order chi connectivity index (χ1) is 15.2. The van der Waals surface area contributed by atoms with Gasteiger partial charge in [0.05, 0.1) is 19.3 Å². The summed E-state index contributed by atoms with van der Waals surface area (Å²) in [6.07, 6.45) is -2.30. The zero-order chi connectivity index (χ0) is 23.3. The lowest BCUT2D eigenvalue weighted by Crippen LogP contribution is -2.36. The summed E-state index contributed by atoms with van der Waals surface area (Å²) in [5.41, 5.74) is 2.73. The Bertz CT molecular complexity index is 800. The molecule has 3 atom stereocenters. The Labute approximate surface area is 184 Å². The van der Waals surface area contributed by atoms with Crippen LogP contribution in [0.5, 0.6) is 0 Å². The van der Waals surface area contributed by atoms with E-state index in [9.17, 15) is 18.0 Å². The van der Waals surface area contributed by atoms with Gasteiger partial charge in [0.15, 0.2) is 0 Å². The molecule has 1 aromatic carbocycles. The van der Waals surface area contributed by atoms with E-state index in [1.807, 2.05) is 0 Å². The van der Waals surface area contributed by atoms with Gasteiger partial charge in [-0.15, -0.1) is 0 Å². The number of carboxylic acid groups (broad SMARTS) is 1. The van der Waals surface area contributed by atoms with E-state index in [-0.39, 0.29) is 18.6 Å². The molecule has 1 saturated heterocycles. The number of carboxylic acids is 1. The number of carbonyl (C=O) groups excluding carboxylic acids is 1. The molecule has 2 aliphatic carbocycles. The van der Waals surface area contributed by atoms with Crippen LogP contribution in [0.3, 0.4) is 0 Å². The second-order valence-corrected chi connectivity index (χ2v) is 8.45. The van der Waals surface area contributed by atoms with Crippen LogP contribution in [0.4, 0.5) is 13.2 Å². The van der Waals surface area contributed by atoms with Crippen molar-refractivity contribution in [3.8, 4) is 0 Å². The quantitative estimate of drug-likeness (QED) is 0.583. The topological polar surface area (TPSA) is 88.1 Å². The van der Waals surface area contributed by atoms with Crippen LogP contribution in [0.15, 0.2) is 24.3 Å². The second-order valence-electron chi connectivity index (χ2n) is 8.45. The Balaban J connectivity index is 0.000000360. The van der Waals surface area contributed by atoms with Gasteiger partial charge in [0, 0.05) is 38.6 Å². The first kappa shape index (κ1) is 24.5. The maximum atomic E-state index is 12.3. The summed E-state index contributed by atoms with van der Waals surface area (Å²) >= 11 is 0. The zero-order valence-corrected chi connectivity index (χ0v) is 17.9. The third kappa shape index (κ3) is 6.43. The minimum Gasteiger partial charge on any atom is -0.475 e. The molecule has 3 aliphatic rings. The molecular weight excluding hydrogens is 429 g/mol. The molecule has 10 heteroatoms. The molecule has 0 bridgehead atoms. The van der Waals surface area contributed by atoms with Gasteiger partial charge in [-0.05, 0) is 29.9 Å². The number of nitrogens with zero attached hydrogens (tertiary/aromatic N) is 1. The predicted octanol–water partition coefficient (Wildman–Crippen LogP) is 2.58. The van der Waals surface area contributed by atoms with Crippen molar-refractivity contribution in [2.45, 2.75) is 31.0 Å². The smallest absolute Gasteiger partial charge is 0.475 e. The number of fused-ring (bicyclic) bond motifs is 3. The Morgan fingerprint density at radius 3 is 2.41 bits per heavy atom. The number of hydrogen-bond donors (Lipinski definition) is 2. The summed E-state index contributed by atoms with van der Waals surface area (Å²) < 4.78 is 42.1. The van der Waals surface area contributed by atoms with Gasteiger partial charge in [-0.1, -0.05) is 24.3 Å². The second kappa shape index (κ2) is 10.6. The number of rotatable bonds is 8. The number of amides is 1. The zero-order valence-electron chi connectivity index (χ0n) is 17.9. The number of aliphatic carboxylic acids is 1. The van der Waals surface area contributed by atoms with Gasteiger partial charge in [0.2, 0.25) is 5.91 Å². The van der Waals surface area contributed by atoms with Crippen molar-refractivity contribution in [2.75, 3.05) is 46.6 Å². The summed E-state index contributed by atoms with van der Waals surface area (Å²) in [6, 6.07) is 8.74. The van der Waals surface area contributed by atoms with Crippen LogP contribution in [0.25, 0.3) is 0 Å². The van der Waals surface area contributed by atoms with Crippen molar-refractivity contribution in [3.63, 3.8) is 0 Å². The van der Waals surface area contributed by atoms with Gasteiger partial charge in [-0.2, -0.15) is 13.2 Å². The van der Waals surface area contributed by atoms with E-state index < -0.39 is 12.1 Å². The average molecular weight is 458 g/mol. The molecule has 0 spiro atoms. The molecule has 1 heterocycles. The fraction of sp³-hybridized carbons (Fsp3) is 0.636. The average Bonchev–Trinajstić information content (AvgIpc) is 3.38. The van der Waals surface area contributed by atoms with Crippen molar-refractivity contribution in [1.29, 1.82) is 0 Å². The van der Waals surface area contributed by atoms with E-state index in [0.717, 1.165) is 19.0 Å². The van der Waals surface area contributed by atoms with Gasteiger partial charge in [0.1, 0.15) is 6.61 Å². The molecule has 32 heavy (non-hydrogen) atoms. The number of benzene rings is 1. The standard InChI is InChI=1S/C20H28N2O3.C2HF3O2/c1-24-8-9-25-13-19(23)21-20-16-5-3-2-4-15(16)17-11-22(12-18(17)20)10-14-6-7-14;3-2(4,5)1(6)7/h2-5,14,17-18,20H,6-13H2,1H3,(H,21,23);(H,6,7)/t17-,18-,20+;/m0./s1. The van der Waals surface area contributed by atoms with E-state index in [1.54, 1.807) is 7.11 Å². The number of halogens is 3. The summed E-state index contributed by atoms with van der Waals surface area (Å²) in [7, 11) is 1.63. The highest BCUT2D eigenvalue weighted by Gasteiger charge is 2.47. The SMILES string of the molecule is COCCOCC(=O)N[C@@H]1c2ccccc2[C@@H]2CN(CC3CC3)C[C@H]12.O=C(O)C(F)(F)F. The number of methoxy groups -OCH3 is 1. The number of alkyl halides is 3. The lowest BCUT2D eigenvalue weighted by Gasteiger charge is -2.23. The Hall–Kier alpha value is -2.17. The number of ether oxygens (including phenoxy) is 2. The molecule has 178 valence electrons. The van der Waals surface area contributed by atoms with Crippen molar-refractivity contribution < 1.29 is 37.3 Å². The van der Waals surface area contributed by atoms with Gasteiger partial charge < -0.3 is 24.8 Å². The van der Waals surface area contributed by atoms with Crippen molar-refractivity contribution in [2.24, 2.45) is 11.8 Å². The van der Waals surface area contributed by atoms with Crippen LogP contribution < -0.4 is 5.32 Å². The third-order valence-corrected chi connectivity index (χ3v) is 6.04. The van der Waals surface area contributed by atoms with Crippen LogP contribution in [-0.4, -0.2) is 74.6 Å². The maximum absolute atomic E-state index is 12.3. The monoisotopic (exact) mass is 458 g/mol. The molecule has 7 nitrogen and oxygen atoms in total. The molecule has 1 saturated carbocycles. The molecule has 2 N–H and O–H groups in total. The van der Waals surface area contributed by atoms with E-state index in [4.69, 9.17) is 19.4 Å². The minimum absolute atomic E-state index is 0.0304. The third-order valence-electron chi connectivity index (χ3n) is 6.04. The van der Waals surface area contributed by atoms with Gasteiger partial charge in [0.25, 0.3) is 0 Å². The Morgan fingerprint density at radius 2 is 1.81 bits per heavy atom. The van der Waals surface area contributed by atoms with Crippen LogP contribution in [0, 0.1) is 11.8 Å². The van der Waals surface area contributed by atoms with Crippen molar-refractivity contribution >= 4 is 11.9 Å². The number of carbonyl (C=O) groups is 2. The van der Waals surface area contributed by atoms with E-state index in [0.29, 0.717) is 25.0 Å². The Morgan fingerprint density at radius 1 is 1.16 bits per heavy atom. The lowest BCUT2D eigenvalue weighted by molar-refractivity contribution is -0.192. The van der Waals surface area contributed by atoms with Crippen LogP contribution in [0.2, 0.25) is 0 Å². The Kier molecular flexibility index (Phi) is 8.13. The fourth-order valence-corrected chi connectivity index (χ4v) is 4.46. The largest absolute Gasteiger partial charge is 0.490 e. The highest BCUT2D eigenvalue weighted by Crippen LogP contribution is 2.49. The van der Waals surface area contributed by atoms with Crippen molar-refractivity contribution in [3.05, 3.63) is 35.4 Å². The van der Waals surface area contributed by atoms with Crippen LogP contribution >= 0.6 is 0 Å². The van der Waals surface area contributed by atoms with Gasteiger partial charge in [-0.25, -0.2) is 4.79 Å². The van der Waals surface area contributed by atoms with Gasteiger partial charge >= 0.3 is 12.1 Å². The molecule has 0 aromatic heterocycles. The number of likely N-dealkylation sites (tertiary alicyclic amines) is 1. The highest BCUT2D eigenvalue weighted by atomic mass is 19.4. The molecule has 2 fully saturated rings. The summed E-state index contributed by atoms with van der Waals surface area (Å²) in [5, 5.41) is 10.4. The first-order valence-electron chi connectivity index (χ1n) is 10.7. The van der Waals surface area contributed by atoms with E-state index >= 15 is 0 Å². The van der Waals surface area contributed by atoms with Crippen molar-refractivity contribution in [1.82, 2.24) is 10.2 Å². The number of nitrogens with one attached hydrogen (secondary N) is 1. The predicted molar refractivity (Wildman–Crippen MR) is 109 cm³/mol. The molecule has 0 unspecified atom stereocenters. The summed E-state index contributed by atoms with van der Waals surface area (Å²) in [4.78, 5) is 23.8. The molecule has 1 amide bonds. The highest BCUT2D eigenvalue weighted by molar-refractivity contribution is 5.78. The molecule has 0 radical (unpaired) electrons.